The molecule has 18 nitrogen and oxygen atoms in total. The molecule has 0 N–H and O–H groups in total. The smallest absolute Gasteiger partial charge is 0 e. The van der Waals surface area contributed by atoms with Crippen LogP contribution in [0.3, 0.4) is 0 Å². The van der Waals surface area contributed by atoms with Gasteiger partial charge in [-0.25, -0.2) is 0 Å². The minimum atomic E-state index is 0. The Morgan fingerprint density at radius 3 is 0.211 bits per heavy atom. The van der Waals surface area contributed by atoms with Gasteiger partial charge >= 0.3 is 0 Å². The van der Waals surface area contributed by atoms with Crippen LogP contribution in [-0.4, -0.2) is 0 Å². The molecule has 0 aliphatic rings. The Bertz CT molecular complexity index is 52.2. The minimum Gasteiger partial charge on any atom is -0.577 e. The Labute approximate surface area is 115 Å². The first-order valence-electron chi connectivity index (χ1n) is 1.64. The summed E-state index contributed by atoms with van der Waals surface area (Å²) in [6.07, 6.45) is 0. The van der Waals surface area contributed by atoms with Crippen LogP contribution >= 0.6 is 0 Å². The van der Waals surface area contributed by atoms with Gasteiger partial charge in [-0.1, -0.05) is 0 Å². The van der Waals surface area contributed by atoms with Gasteiger partial charge in [0.05, 0.1) is 0 Å². The number of hydrogen-bond donors (Lipinski definition) is 0. The minimum absolute atomic E-state index is 0. The standard InChI is InChI=1S/9NO.Ru/c9*1-2;/q9*-1;. The van der Waals surface area contributed by atoms with Gasteiger partial charge in [0.2, 0.25) is 0 Å². The molecule has 0 amide bonds. The molecule has 0 radical (unpaired) electrons. The quantitative estimate of drug-likeness (QED) is 0.563. The van der Waals surface area contributed by atoms with Crippen LogP contribution in [-0.2, 0) is 19.5 Å². The molecular formula is N9O9Ru-9. The van der Waals surface area contributed by atoms with Gasteiger partial charge in [0.15, 0.2) is 0 Å². The summed E-state index contributed by atoms with van der Waals surface area (Å²) in [6, 6.07) is 0. The second-order valence-corrected chi connectivity index (χ2v) is 0. The molecule has 0 aliphatic heterocycles. The Balaban J connectivity index is -0.00000000596. The van der Waals surface area contributed by atoms with Gasteiger partial charge in [0, 0.05) is 19.5 Å². The summed E-state index contributed by atoms with van der Waals surface area (Å²) in [7, 11) is 0. The summed E-state index contributed by atoms with van der Waals surface area (Å²) in [5.74, 6) is 0. The van der Waals surface area contributed by atoms with Crippen molar-refractivity contribution < 1.29 is 19.5 Å². The van der Waals surface area contributed by atoms with Crippen molar-refractivity contribution in [3.63, 3.8) is 0 Å². The van der Waals surface area contributed by atoms with E-state index in [2.05, 4.69) is 0 Å². The summed E-state index contributed by atoms with van der Waals surface area (Å²) < 4.78 is 0. The third-order valence-corrected chi connectivity index (χ3v) is 0. The normalized spacial score (nSPS) is 1.89. The summed E-state index contributed by atoms with van der Waals surface area (Å²) in [5, 5.41) is 0. The summed E-state index contributed by atoms with van der Waals surface area (Å²) in [4.78, 5) is 65.2. The van der Waals surface area contributed by atoms with E-state index in [1.165, 1.54) is 0 Å². The maximum Gasteiger partial charge on any atom is 0 e. The number of nitroso groups, excluding NO2 is 9. The van der Waals surface area contributed by atoms with Crippen molar-refractivity contribution in [2.45, 2.75) is 0 Å². The van der Waals surface area contributed by atoms with Crippen molar-refractivity contribution in [3.05, 3.63) is 94.5 Å². The zero-order valence-electron chi connectivity index (χ0n) is 8.05. The predicted octanol–water partition coefficient (Wildman–Crippen LogP) is 2.90. The van der Waals surface area contributed by atoms with E-state index in [4.69, 9.17) is 94.5 Å². The molecule has 19 heteroatoms. The summed E-state index contributed by atoms with van der Waals surface area (Å²) in [6.45, 7) is 0. The third-order valence-electron chi connectivity index (χ3n) is 0. The van der Waals surface area contributed by atoms with Crippen LogP contribution in [0.4, 0.5) is 0 Å². The van der Waals surface area contributed by atoms with Crippen molar-refractivity contribution in [3.8, 4) is 0 Å². The summed E-state index contributed by atoms with van der Waals surface area (Å²) >= 11 is 0. The molecule has 0 aromatic rings. The second-order valence-electron chi connectivity index (χ2n) is 0. The van der Waals surface area contributed by atoms with E-state index < -0.39 is 0 Å². The zero-order chi connectivity index (χ0) is 18.0. The monoisotopic (exact) mass is 372 g/mol. The van der Waals surface area contributed by atoms with E-state index in [0.717, 1.165) is 0 Å². The molecule has 0 unspecified atom stereocenters. The van der Waals surface area contributed by atoms with Crippen molar-refractivity contribution in [2.24, 2.45) is 0 Å². The largest absolute Gasteiger partial charge is 0.577 e. The van der Waals surface area contributed by atoms with Crippen molar-refractivity contribution in [1.82, 2.24) is 0 Å². The molecule has 0 saturated carbocycles. The van der Waals surface area contributed by atoms with E-state index in [0.29, 0.717) is 0 Å². The fourth-order valence-electron chi connectivity index (χ4n) is 0. The first-order valence-corrected chi connectivity index (χ1v) is 1.64. The maximum atomic E-state index is 7.25. The zero-order valence-corrected chi connectivity index (χ0v) is 9.79. The average Bonchev–Trinajstić information content (AvgIpc) is 2.63. The molecule has 19 heavy (non-hydrogen) atoms. The Morgan fingerprint density at radius 1 is 0.211 bits per heavy atom. The molecule has 116 valence electrons. The molecule has 0 heterocycles. The second kappa shape index (κ2) is 333. The Kier molecular flexibility index (Phi) is 1750. The molecule has 0 aromatic heterocycles. The van der Waals surface area contributed by atoms with E-state index in [1.807, 2.05) is 0 Å². The van der Waals surface area contributed by atoms with Crippen molar-refractivity contribution in [1.29, 1.82) is 0 Å². The van der Waals surface area contributed by atoms with Crippen LogP contribution in [0.25, 0.3) is 50.3 Å². The maximum absolute atomic E-state index is 7.25. The van der Waals surface area contributed by atoms with Crippen LogP contribution in [0, 0.1) is 44.2 Å². The van der Waals surface area contributed by atoms with Crippen LogP contribution in [0.1, 0.15) is 0 Å². The summed E-state index contributed by atoms with van der Waals surface area (Å²) in [5.41, 5.74) is 51.8. The van der Waals surface area contributed by atoms with E-state index in [-0.39, 0.29) is 19.5 Å². The molecule has 0 rings (SSSR count). The van der Waals surface area contributed by atoms with Crippen LogP contribution < -0.4 is 0 Å². The topological polar surface area (TPSA) is 354 Å². The van der Waals surface area contributed by atoms with Gasteiger partial charge in [-0.2, -0.15) is 0 Å². The van der Waals surface area contributed by atoms with E-state index in [9.17, 15) is 0 Å². The number of hydrogen-bond acceptors (Lipinski definition) is 9. The van der Waals surface area contributed by atoms with Gasteiger partial charge in [-0.05, 0) is 0 Å². The van der Waals surface area contributed by atoms with Gasteiger partial charge in [0.25, 0.3) is 0 Å². The fraction of sp³-hybridized carbons (Fsp3) is 0. The fourth-order valence-corrected chi connectivity index (χ4v) is 0. The molecule has 0 saturated heterocycles. The van der Waals surface area contributed by atoms with E-state index >= 15 is 0 Å². The van der Waals surface area contributed by atoms with Crippen molar-refractivity contribution in [2.75, 3.05) is 0 Å². The molecule has 0 aliphatic carbocycles. The first kappa shape index (κ1) is 99.7. The Hall–Kier alpha value is -2.98. The molecule has 0 atom stereocenters. The molecule has 0 spiro atoms. The van der Waals surface area contributed by atoms with Crippen LogP contribution in [0.2, 0.25) is 0 Å². The SMILES string of the molecule is [N-]=O.[N-]=O.[N-]=O.[N-]=O.[N-]=O.[N-]=O.[N-]=O.[N-]=O.[N-]=O.[Ru]. The molecule has 0 aromatic carbocycles. The van der Waals surface area contributed by atoms with Gasteiger partial charge in [0.1, 0.15) is 0 Å². The molecular weight excluding hydrogens is 371 g/mol. The van der Waals surface area contributed by atoms with Gasteiger partial charge in [-0.3, -0.25) is 0 Å². The third kappa shape index (κ3) is 288. The van der Waals surface area contributed by atoms with Crippen LogP contribution in [0.15, 0.2) is 0 Å². The predicted molar refractivity (Wildman–Crippen MR) is 60.5 cm³/mol. The van der Waals surface area contributed by atoms with Crippen LogP contribution in [0.5, 0.6) is 0 Å². The molecule has 0 bridgehead atoms. The molecule has 0 fully saturated rings. The van der Waals surface area contributed by atoms with Gasteiger partial charge in [-0.15, -0.1) is 0 Å². The number of rotatable bonds is 0. The van der Waals surface area contributed by atoms with Gasteiger partial charge < -0.3 is 94.5 Å². The average molecular weight is 371 g/mol. The Morgan fingerprint density at radius 2 is 0.211 bits per heavy atom. The van der Waals surface area contributed by atoms with E-state index in [1.54, 1.807) is 0 Å². The van der Waals surface area contributed by atoms with Crippen molar-refractivity contribution >= 4 is 0 Å². The first-order chi connectivity index (χ1) is 9.00. The number of nitrogens with zero attached hydrogens (tertiary/aromatic N) is 9.